The summed E-state index contributed by atoms with van der Waals surface area (Å²) in [6.07, 6.45) is 0. The average molecular weight is 279 g/mol. The zero-order valence-corrected chi connectivity index (χ0v) is 11.9. The lowest BCUT2D eigenvalue weighted by atomic mass is 10.1. The first-order chi connectivity index (χ1) is 9.80. The topological polar surface area (TPSA) is 78.1 Å². The maximum absolute atomic E-state index is 5.68. The number of hydrogen-bond acceptors (Lipinski definition) is 6. The highest BCUT2D eigenvalue weighted by Crippen LogP contribution is 2.28. The highest BCUT2D eigenvalue weighted by atomic mass is 16.6. The van der Waals surface area contributed by atoms with Crippen LogP contribution in [-0.2, 0) is 11.4 Å². The molecule has 1 atom stereocenters. The molecule has 110 valence electrons. The van der Waals surface area contributed by atoms with E-state index < -0.39 is 0 Å². The molecule has 20 heavy (non-hydrogen) atoms. The monoisotopic (exact) mass is 279 g/mol. The second-order valence-electron chi connectivity index (χ2n) is 4.56. The second kappa shape index (κ2) is 7.12. The molecule has 1 aromatic rings. The molecule has 1 unspecified atom stereocenters. The number of oxime groups is 1. The Balaban J connectivity index is 2.05. The molecular formula is C14H21N3O3. The molecule has 6 nitrogen and oxygen atoms in total. The maximum Gasteiger partial charge on any atom is 0.149 e. The first-order valence-electron chi connectivity index (χ1n) is 6.59. The van der Waals surface area contributed by atoms with Crippen molar-refractivity contribution in [3.63, 3.8) is 0 Å². The third-order valence-corrected chi connectivity index (χ3v) is 3.37. The summed E-state index contributed by atoms with van der Waals surface area (Å²) in [5.41, 5.74) is 7.49. The predicted octanol–water partition coefficient (Wildman–Crippen LogP) is 0.754. The lowest BCUT2D eigenvalue weighted by Gasteiger charge is -2.12. The first-order valence-corrected chi connectivity index (χ1v) is 6.59. The summed E-state index contributed by atoms with van der Waals surface area (Å²) in [5, 5.41) is 7.41. The number of rotatable bonds is 6. The van der Waals surface area contributed by atoms with Gasteiger partial charge in [-0.2, -0.15) is 0 Å². The smallest absolute Gasteiger partial charge is 0.149 e. The molecule has 1 heterocycles. The van der Waals surface area contributed by atoms with Crippen molar-refractivity contribution in [1.82, 2.24) is 5.32 Å². The second-order valence-corrected chi connectivity index (χ2v) is 4.56. The molecule has 1 aliphatic heterocycles. The highest BCUT2D eigenvalue weighted by molar-refractivity contribution is 5.90. The van der Waals surface area contributed by atoms with Gasteiger partial charge < -0.3 is 25.4 Å². The largest absolute Gasteiger partial charge is 0.496 e. The molecule has 1 saturated heterocycles. The number of nitrogens with one attached hydrogen (secondary N) is 1. The minimum absolute atomic E-state index is 0.259. The Morgan fingerprint density at radius 1 is 1.30 bits per heavy atom. The number of nitrogens with zero attached hydrogens (tertiary/aromatic N) is 1. The van der Waals surface area contributed by atoms with Crippen molar-refractivity contribution in [1.29, 1.82) is 0 Å². The van der Waals surface area contributed by atoms with Gasteiger partial charge in [-0.1, -0.05) is 11.2 Å². The van der Waals surface area contributed by atoms with E-state index in [0.29, 0.717) is 13.2 Å². The van der Waals surface area contributed by atoms with Crippen LogP contribution in [0.25, 0.3) is 0 Å². The molecule has 1 aliphatic rings. The molecule has 0 radical (unpaired) electrons. The van der Waals surface area contributed by atoms with Gasteiger partial charge in [0.2, 0.25) is 0 Å². The molecular weight excluding hydrogens is 258 g/mol. The van der Waals surface area contributed by atoms with Crippen LogP contribution in [0.1, 0.15) is 5.56 Å². The number of benzene rings is 1. The van der Waals surface area contributed by atoms with Gasteiger partial charge in [-0.05, 0) is 12.1 Å². The van der Waals surface area contributed by atoms with Crippen molar-refractivity contribution in [2.75, 3.05) is 33.9 Å². The molecule has 0 aliphatic carbocycles. The summed E-state index contributed by atoms with van der Waals surface area (Å²) >= 11 is 0. The Bertz CT molecular complexity index is 454. The molecule has 2 rings (SSSR count). The van der Waals surface area contributed by atoms with Crippen LogP contribution in [0.4, 0.5) is 0 Å². The number of nitrogens with two attached hydrogens (primary N) is 1. The Morgan fingerprint density at radius 2 is 2.00 bits per heavy atom. The number of ether oxygens (including phenoxy) is 2. The lowest BCUT2D eigenvalue weighted by molar-refractivity contribution is 0.125. The minimum Gasteiger partial charge on any atom is -0.496 e. The van der Waals surface area contributed by atoms with Gasteiger partial charge in [0.05, 0.1) is 25.5 Å². The summed E-state index contributed by atoms with van der Waals surface area (Å²) in [5.74, 6) is 1.71. The van der Waals surface area contributed by atoms with Crippen molar-refractivity contribution in [3.05, 3.63) is 23.8 Å². The van der Waals surface area contributed by atoms with Crippen LogP contribution >= 0.6 is 0 Å². The van der Waals surface area contributed by atoms with Crippen LogP contribution in [0.5, 0.6) is 11.5 Å². The molecule has 6 heteroatoms. The Labute approximate surface area is 118 Å². The summed E-state index contributed by atoms with van der Waals surface area (Å²) in [6.45, 7) is 2.46. The minimum atomic E-state index is 0.259. The van der Waals surface area contributed by atoms with Crippen LogP contribution in [-0.4, -0.2) is 39.6 Å². The van der Waals surface area contributed by atoms with Gasteiger partial charge in [-0.25, -0.2) is 0 Å². The van der Waals surface area contributed by atoms with E-state index in [4.69, 9.17) is 20.0 Å². The highest BCUT2D eigenvalue weighted by Gasteiger charge is 2.21. The predicted molar refractivity (Wildman–Crippen MR) is 77.2 cm³/mol. The fourth-order valence-electron chi connectivity index (χ4n) is 2.21. The molecule has 0 spiro atoms. The first kappa shape index (κ1) is 14.6. The summed E-state index contributed by atoms with van der Waals surface area (Å²) < 4.78 is 10.6. The molecule has 0 aromatic heterocycles. The van der Waals surface area contributed by atoms with E-state index in [2.05, 4.69) is 10.5 Å². The van der Waals surface area contributed by atoms with E-state index in [0.717, 1.165) is 35.9 Å². The maximum atomic E-state index is 5.68. The number of methoxy groups -OCH3 is 2. The van der Waals surface area contributed by atoms with Crippen molar-refractivity contribution >= 4 is 5.71 Å². The van der Waals surface area contributed by atoms with E-state index in [1.807, 2.05) is 18.2 Å². The lowest BCUT2D eigenvalue weighted by Crippen LogP contribution is -2.22. The fourth-order valence-corrected chi connectivity index (χ4v) is 2.21. The van der Waals surface area contributed by atoms with E-state index in [1.54, 1.807) is 14.2 Å². The van der Waals surface area contributed by atoms with Crippen molar-refractivity contribution < 1.29 is 14.3 Å². The normalized spacial score (nSPS) is 20.1. The molecule has 1 fully saturated rings. The van der Waals surface area contributed by atoms with Gasteiger partial charge in [-0.3, -0.25) is 0 Å². The van der Waals surface area contributed by atoms with Crippen LogP contribution in [0.2, 0.25) is 0 Å². The Kier molecular flexibility index (Phi) is 5.20. The average Bonchev–Trinajstić information content (AvgIpc) is 2.94. The van der Waals surface area contributed by atoms with E-state index >= 15 is 0 Å². The number of hydrogen-bond donors (Lipinski definition) is 2. The zero-order chi connectivity index (χ0) is 14.4. The zero-order valence-electron chi connectivity index (χ0n) is 11.9. The van der Waals surface area contributed by atoms with Crippen LogP contribution in [0.3, 0.4) is 0 Å². The van der Waals surface area contributed by atoms with Crippen molar-refractivity contribution in [3.8, 4) is 11.5 Å². The Morgan fingerprint density at radius 3 is 2.60 bits per heavy atom. The fraction of sp³-hybridized carbons (Fsp3) is 0.500. The standard InChI is InChI=1S/C14H21N3O3/c1-18-13-4-3-5-14(19-2)11(13)9-20-17-12-8-16-7-10(12)6-15/h3-5,10,16H,6-9,15H2,1-2H3/b17-12+. The van der Waals surface area contributed by atoms with Gasteiger partial charge in [0.25, 0.3) is 0 Å². The SMILES string of the molecule is COc1cccc(OC)c1CO/N=C1\CNCC1CN. The van der Waals surface area contributed by atoms with Gasteiger partial charge >= 0.3 is 0 Å². The van der Waals surface area contributed by atoms with Gasteiger partial charge in [-0.15, -0.1) is 0 Å². The van der Waals surface area contributed by atoms with Crippen LogP contribution < -0.4 is 20.5 Å². The van der Waals surface area contributed by atoms with E-state index in [9.17, 15) is 0 Å². The van der Waals surface area contributed by atoms with Gasteiger partial charge in [0, 0.05) is 25.6 Å². The summed E-state index contributed by atoms with van der Waals surface area (Å²) in [7, 11) is 3.24. The van der Waals surface area contributed by atoms with Gasteiger partial charge in [0.1, 0.15) is 18.1 Å². The third kappa shape index (κ3) is 3.20. The third-order valence-electron chi connectivity index (χ3n) is 3.37. The molecule has 0 amide bonds. The van der Waals surface area contributed by atoms with Crippen LogP contribution in [0, 0.1) is 5.92 Å². The Hall–Kier alpha value is -1.79. The van der Waals surface area contributed by atoms with Gasteiger partial charge in [0.15, 0.2) is 0 Å². The molecule has 0 bridgehead atoms. The summed E-state index contributed by atoms with van der Waals surface area (Å²) in [4.78, 5) is 5.45. The van der Waals surface area contributed by atoms with E-state index in [-0.39, 0.29) is 5.92 Å². The molecule has 0 saturated carbocycles. The van der Waals surface area contributed by atoms with E-state index in [1.165, 1.54) is 0 Å². The van der Waals surface area contributed by atoms with Crippen molar-refractivity contribution in [2.24, 2.45) is 16.8 Å². The molecule has 3 N–H and O–H groups in total. The summed E-state index contributed by atoms with van der Waals surface area (Å²) in [6, 6.07) is 5.61. The quantitative estimate of drug-likeness (QED) is 0.752. The van der Waals surface area contributed by atoms with Crippen LogP contribution in [0.15, 0.2) is 23.4 Å². The molecule has 1 aromatic carbocycles. The van der Waals surface area contributed by atoms with Crippen molar-refractivity contribution in [2.45, 2.75) is 6.61 Å².